The largest absolute Gasteiger partial charge is 0.351 e. The molecule has 3 amide bonds. The summed E-state index contributed by atoms with van der Waals surface area (Å²) >= 11 is 4.33. The van der Waals surface area contributed by atoms with Crippen molar-refractivity contribution in [1.29, 1.82) is 0 Å². The summed E-state index contributed by atoms with van der Waals surface area (Å²) in [6.07, 6.45) is 0. The second-order valence-corrected chi connectivity index (χ2v) is 7.21. The molecule has 0 saturated heterocycles. The lowest BCUT2D eigenvalue weighted by atomic mass is 10.3. The van der Waals surface area contributed by atoms with Gasteiger partial charge in [-0.15, -0.1) is 10.2 Å². The molecule has 6 nitrogen and oxygen atoms in total. The van der Waals surface area contributed by atoms with Gasteiger partial charge in [0.05, 0.1) is 5.75 Å². The lowest BCUT2D eigenvalue weighted by Crippen LogP contribution is -2.36. The van der Waals surface area contributed by atoms with E-state index in [1.165, 1.54) is 23.1 Å². The average Bonchev–Trinajstić information content (AvgIpc) is 2.70. The van der Waals surface area contributed by atoms with Gasteiger partial charge in [0.25, 0.3) is 0 Å². The Kier molecular flexibility index (Phi) is 6.44. The molecule has 1 rings (SSSR count). The van der Waals surface area contributed by atoms with Crippen molar-refractivity contribution in [3.63, 3.8) is 0 Å². The second-order valence-electron chi connectivity index (χ2n) is 3.74. The van der Waals surface area contributed by atoms with Crippen molar-refractivity contribution in [2.75, 3.05) is 11.5 Å². The monoisotopic (exact) mass is 306 g/mol. The van der Waals surface area contributed by atoms with E-state index >= 15 is 0 Å². The first kappa shape index (κ1) is 15.3. The van der Waals surface area contributed by atoms with Crippen LogP contribution < -0.4 is 11.1 Å². The van der Waals surface area contributed by atoms with E-state index in [4.69, 9.17) is 5.73 Å². The number of urea groups is 1. The Morgan fingerprint density at radius 3 is 2.50 bits per heavy atom. The third-order valence-corrected chi connectivity index (χ3v) is 5.13. The minimum atomic E-state index is -0.842. The molecule has 1 heterocycles. The Morgan fingerprint density at radius 1 is 1.33 bits per heavy atom. The van der Waals surface area contributed by atoms with Gasteiger partial charge in [-0.1, -0.05) is 48.7 Å². The van der Waals surface area contributed by atoms with Crippen molar-refractivity contribution in [3.05, 3.63) is 0 Å². The molecule has 0 spiro atoms. The summed E-state index contributed by atoms with van der Waals surface area (Å²) in [7, 11) is 0. The van der Waals surface area contributed by atoms with Gasteiger partial charge in [0.1, 0.15) is 0 Å². The number of rotatable bonds is 6. The molecular weight excluding hydrogens is 292 g/mol. The molecule has 100 valence electrons. The number of thioether (sulfide) groups is 2. The Labute approximate surface area is 117 Å². The molecule has 18 heavy (non-hydrogen) atoms. The summed E-state index contributed by atoms with van der Waals surface area (Å²) < 4.78 is 1.60. The molecule has 3 N–H and O–H groups in total. The first-order valence-electron chi connectivity index (χ1n) is 5.15. The van der Waals surface area contributed by atoms with Gasteiger partial charge in [-0.05, 0) is 5.92 Å². The topological polar surface area (TPSA) is 98.0 Å². The zero-order chi connectivity index (χ0) is 13.5. The van der Waals surface area contributed by atoms with Gasteiger partial charge < -0.3 is 5.73 Å². The average molecular weight is 306 g/mol. The van der Waals surface area contributed by atoms with Crippen molar-refractivity contribution in [2.45, 2.75) is 22.5 Å². The fraction of sp³-hybridized carbons (Fsp3) is 0.556. The van der Waals surface area contributed by atoms with Gasteiger partial charge in [0, 0.05) is 5.75 Å². The van der Waals surface area contributed by atoms with E-state index in [9.17, 15) is 9.59 Å². The minimum absolute atomic E-state index is 0.104. The quantitative estimate of drug-likeness (QED) is 0.774. The van der Waals surface area contributed by atoms with Crippen molar-refractivity contribution in [2.24, 2.45) is 11.7 Å². The summed E-state index contributed by atoms with van der Waals surface area (Å²) in [5.41, 5.74) is 4.83. The molecule has 0 aliphatic rings. The number of imide groups is 1. The second kappa shape index (κ2) is 7.59. The molecule has 0 aromatic carbocycles. The van der Waals surface area contributed by atoms with E-state index in [1.54, 1.807) is 11.8 Å². The van der Waals surface area contributed by atoms with Crippen LogP contribution >= 0.6 is 34.9 Å². The number of primary amides is 1. The maximum Gasteiger partial charge on any atom is 0.318 e. The van der Waals surface area contributed by atoms with Gasteiger partial charge in [-0.25, -0.2) is 4.79 Å². The van der Waals surface area contributed by atoms with E-state index in [-0.39, 0.29) is 5.75 Å². The third-order valence-electron chi connectivity index (χ3n) is 1.52. The smallest absolute Gasteiger partial charge is 0.318 e. The lowest BCUT2D eigenvalue weighted by molar-refractivity contribution is -0.117. The van der Waals surface area contributed by atoms with Crippen molar-refractivity contribution >= 4 is 46.8 Å². The first-order valence-corrected chi connectivity index (χ1v) is 7.94. The number of carbonyl (C=O) groups excluding carboxylic acids is 2. The van der Waals surface area contributed by atoms with Crippen LogP contribution in [0.3, 0.4) is 0 Å². The van der Waals surface area contributed by atoms with Crippen molar-refractivity contribution in [3.8, 4) is 0 Å². The normalized spacial score (nSPS) is 10.6. The van der Waals surface area contributed by atoms with Crippen LogP contribution in [0.1, 0.15) is 13.8 Å². The van der Waals surface area contributed by atoms with Crippen LogP contribution in [-0.2, 0) is 4.79 Å². The molecule has 1 aromatic heterocycles. The third kappa shape index (κ3) is 6.22. The highest BCUT2D eigenvalue weighted by Crippen LogP contribution is 2.29. The van der Waals surface area contributed by atoms with Crippen molar-refractivity contribution < 1.29 is 9.59 Å². The first-order chi connectivity index (χ1) is 8.47. The lowest BCUT2D eigenvalue weighted by Gasteiger charge is -1.99. The molecular formula is C9H14N4O2S3. The summed E-state index contributed by atoms with van der Waals surface area (Å²) in [5.74, 6) is 1.25. The number of amides is 3. The molecule has 1 aromatic rings. The maximum absolute atomic E-state index is 11.2. The molecule has 0 atom stereocenters. The van der Waals surface area contributed by atoms with Crippen molar-refractivity contribution in [1.82, 2.24) is 15.5 Å². The van der Waals surface area contributed by atoms with E-state index in [2.05, 4.69) is 24.0 Å². The summed E-state index contributed by atoms with van der Waals surface area (Å²) in [6, 6.07) is -0.842. The molecule has 0 aliphatic heterocycles. The van der Waals surface area contributed by atoms with E-state index in [0.717, 1.165) is 10.1 Å². The van der Waals surface area contributed by atoms with Crippen LogP contribution in [-0.4, -0.2) is 33.6 Å². The van der Waals surface area contributed by atoms with Gasteiger partial charge in [0.15, 0.2) is 8.68 Å². The van der Waals surface area contributed by atoms with E-state index in [0.29, 0.717) is 10.3 Å². The highest BCUT2D eigenvalue weighted by molar-refractivity contribution is 8.03. The number of carbonyl (C=O) groups is 2. The molecule has 0 bridgehead atoms. The van der Waals surface area contributed by atoms with Crippen LogP contribution in [0.2, 0.25) is 0 Å². The Bertz CT molecular complexity index is 422. The predicted molar refractivity (Wildman–Crippen MR) is 73.9 cm³/mol. The summed E-state index contributed by atoms with van der Waals surface area (Å²) in [4.78, 5) is 21.6. The Morgan fingerprint density at radius 2 is 1.94 bits per heavy atom. The van der Waals surface area contributed by atoms with E-state index < -0.39 is 11.9 Å². The zero-order valence-electron chi connectivity index (χ0n) is 10.0. The Balaban J connectivity index is 2.35. The zero-order valence-corrected chi connectivity index (χ0v) is 12.5. The number of nitrogens with two attached hydrogens (primary N) is 1. The molecule has 0 radical (unpaired) electrons. The number of aromatic nitrogens is 2. The summed E-state index contributed by atoms with van der Waals surface area (Å²) in [6.45, 7) is 4.27. The number of hydrogen-bond acceptors (Lipinski definition) is 7. The highest BCUT2D eigenvalue weighted by atomic mass is 32.2. The van der Waals surface area contributed by atoms with Crippen LogP contribution in [0.15, 0.2) is 8.68 Å². The van der Waals surface area contributed by atoms with Gasteiger partial charge in [-0.2, -0.15) is 0 Å². The maximum atomic E-state index is 11.2. The highest BCUT2D eigenvalue weighted by Gasteiger charge is 2.10. The standard InChI is InChI=1S/C9H14N4O2S3/c1-5(2)3-16-8-12-13-9(18-8)17-4-6(14)11-7(10)15/h5H,3-4H2,1-2H3,(H3,10,11,14,15). The number of nitrogens with one attached hydrogen (secondary N) is 1. The minimum Gasteiger partial charge on any atom is -0.351 e. The van der Waals surface area contributed by atoms with Crippen LogP contribution in [0.4, 0.5) is 4.79 Å². The van der Waals surface area contributed by atoms with Gasteiger partial charge in [-0.3, -0.25) is 10.1 Å². The van der Waals surface area contributed by atoms with E-state index in [1.807, 2.05) is 5.32 Å². The van der Waals surface area contributed by atoms with Gasteiger partial charge in [0.2, 0.25) is 5.91 Å². The SMILES string of the molecule is CC(C)CSc1nnc(SCC(=O)NC(N)=O)s1. The summed E-state index contributed by atoms with van der Waals surface area (Å²) in [5, 5.41) is 9.96. The Hall–Kier alpha value is -0.800. The van der Waals surface area contributed by atoms with Crippen LogP contribution in [0.5, 0.6) is 0 Å². The molecule has 0 fully saturated rings. The van der Waals surface area contributed by atoms with Crippen LogP contribution in [0, 0.1) is 5.92 Å². The fourth-order valence-corrected chi connectivity index (χ4v) is 3.65. The van der Waals surface area contributed by atoms with Gasteiger partial charge >= 0.3 is 6.03 Å². The number of nitrogens with zero attached hydrogens (tertiary/aromatic N) is 2. The molecule has 0 saturated carbocycles. The number of hydrogen-bond donors (Lipinski definition) is 2. The molecule has 9 heteroatoms. The molecule has 0 aliphatic carbocycles. The molecule has 0 unspecified atom stereocenters. The van der Waals surface area contributed by atoms with Crippen LogP contribution in [0.25, 0.3) is 0 Å². The fourth-order valence-electron chi connectivity index (χ4n) is 0.853. The predicted octanol–water partition coefficient (Wildman–Crippen LogP) is 1.57.